The maximum absolute atomic E-state index is 13.4. The van der Waals surface area contributed by atoms with Crippen LogP contribution < -0.4 is 10.2 Å². The molecule has 0 saturated carbocycles. The van der Waals surface area contributed by atoms with Gasteiger partial charge in [-0.2, -0.15) is 28.2 Å². The first-order valence-electron chi connectivity index (χ1n) is 12.2. The van der Waals surface area contributed by atoms with Crippen LogP contribution in [-0.4, -0.2) is 69.5 Å². The Hall–Kier alpha value is -2.93. The number of fused-ring (bicyclic) bond motifs is 1. The van der Waals surface area contributed by atoms with Crippen molar-refractivity contribution < 1.29 is 26.7 Å². The maximum Gasteiger partial charge on any atom is 0.416 e. The number of piperidine rings is 1. The Balaban J connectivity index is 1.55. The zero-order valence-corrected chi connectivity index (χ0v) is 21.3. The number of anilines is 2. The van der Waals surface area contributed by atoms with Gasteiger partial charge in [0.05, 0.1) is 39.9 Å². The largest absolute Gasteiger partial charge is 0.416 e. The Bertz CT molecular complexity index is 1410. The highest BCUT2D eigenvalue weighted by atomic mass is 32.2. The van der Waals surface area contributed by atoms with Crippen LogP contribution in [0.3, 0.4) is 0 Å². The molecule has 2 fully saturated rings. The van der Waals surface area contributed by atoms with Crippen LogP contribution in [0.25, 0.3) is 16.7 Å². The summed E-state index contributed by atoms with van der Waals surface area (Å²) in [6.45, 7) is 4.83. The van der Waals surface area contributed by atoms with Crippen LogP contribution in [0.15, 0.2) is 30.5 Å². The van der Waals surface area contributed by atoms with Crippen molar-refractivity contribution in [1.29, 1.82) is 0 Å². The lowest BCUT2D eigenvalue weighted by atomic mass is 9.83. The van der Waals surface area contributed by atoms with Crippen molar-refractivity contribution >= 4 is 32.6 Å². The molecule has 1 unspecified atom stereocenters. The van der Waals surface area contributed by atoms with Gasteiger partial charge in [-0.3, -0.25) is 0 Å². The van der Waals surface area contributed by atoms with E-state index in [-0.39, 0.29) is 35.1 Å². The molecule has 3 aromatic rings. The van der Waals surface area contributed by atoms with E-state index in [0.717, 1.165) is 25.0 Å². The maximum atomic E-state index is 13.4. The lowest BCUT2D eigenvalue weighted by Gasteiger charge is -2.38. The fraction of sp³-hybridized carbons (Fsp3) is 0.542. The van der Waals surface area contributed by atoms with Gasteiger partial charge in [0.2, 0.25) is 5.95 Å². The zero-order chi connectivity index (χ0) is 26.6. The molecule has 2 N–H and O–H groups in total. The second-order valence-electron chi connectivity index (χ2n) is 10.4. The van der Waals surface area contributed by atoms with Crippen LogP contribution in [0.2, 0.25) is 0 Å². The summed E-state index contributed by atoms with van der Waals surface area (Å²) < 4.78 is 65.4. The molecule has 0 amide bonds. The van der Waals surface area contributed by atoms with Gasteiger partial charge < -0.3 is 15.3 Å². The Kier molecular flexibility index (Phi) is 6.34. The van der Waals surface area contributed by atoms with E-state index in [9.17, 15) is 26.7 Å². The van der Waals surface area contributed by atoms with E-state index < -0.39 is 27.2 Å². The van der Waals surface area contributed by atoms with E-state index in [1.54, 1.807) is 13.8 Å². The highest BCUT2D eigenvalue weighted by Gasteiger charge is 2.34. The molecule has 200 valence electrons. The fourth-order valence-electron chi connectivity index (χ4n) is 5.09. The van der Waals surface area contributed by atoms with Gasteiger partial charge in [-0.15, -0.1) is 0 Å². The second kappa shape index (κ2) is 9.12. The molecular weight excluding hydrogens is 509 g/mol. The number of rotatable bonds is 5. The molecule has 0 aliphatic carbocycles. The third kappa shape index (κ3) is 5.37. The number of sulfone groups is 1. The highest BCUT2D eigenvalue weighted by Crippen LogP contribution is 2.35. The van der Waals surface area contributed by atoms with E-state index in [0.29, 0.717) is 36.4 Å². The van der Waals surface area contributed by atoms with Gasteiger partial charge >= 0.3 is 6.18 Å². The molecule has 0 bridgehead atoms. The van der Waals surface area contributed by atoms with Crippen molar-refractivity contribution in [1.82, 2.24) is 19.7 Å². The standard InChI is InChI=1S/C24H29F3N6O3S/c1-23(2,34)15-6-9-32(10-7-15)20-19-13-28-33(18-5-3-4-16(12-18)24(25,26)27)21(19)31-22(30-20)29-17-8-11-37(35,36)14-17/h3-5,12-13,15,17,34H,6-11,14H2,1-2H3,(H,29,30,31). The van der Waals surface area contributed by atoms with E-state index >= 15 is 0 Å². The van der Waals surface area contributed by atoms with E-state index in [4.69, 9.17) is 4.98 Å². The van der Waals surface area contributed by atoms with Gasteiger partial charge in [0.25, 0.3) is 0 Å². The van der Waals surface area contributed by atoms with Gasteiger partial charge in [-0.05, 0) is 57.2 Å². The molecule has 1 aromatic carbocycles. The number of nitrogens with one attached hydrogen (secondary N) is 1. The molecule has 9 nitrogen and oxygen atoms in total. The molecular formula is C24H29F3N6O3S. The van der Waals surface area contributed by atoms with Gasteiger partial charge in [0, 0.05) is 19.1 Å². The Morgan fingerprint density at radius 3 is 2.46 bits per heavy atom. The number of benzene rings is 1. The Labute approximate surface area is 212 Å². The van der Waals surface area contributed by atoms with Gasteiger partial charge in [-0.25, -0.2) is 13.1 Å². The second-order valence-corrected chi connectivity index (χ2v) is 12.6. The molecule has 37 heavy (non-hydrogen) atoms. The normalized spacial score (nSPS) is 21.0. The molecule has 0 spiro atoms. The lowest BCUT2D eigenvalue weighted by Crippen LogP contribution is -2.42. The van der Waals surface area contributed by atoms with Gasteiger partial charge in [0.15, 0.2) is 15.5 Å². The van der Waals surface area contributed by atoms with Gasteiger partial charge in [0.1, 0.15) is 5.82 Å². The predicted molar refractivity (Wildman–Crippen MR) is 134 cm³/mol. The smallest absolute Gasteiger partial charge is 0.390 e. The number of aliphatic hydroxyl groups is 1. The number of halogens is 3. The molecule has 0 radical (unpaired) electrons. The molecule has 4 heterocycles. The summed E-state index contributed by atoms with van der Waals surface area (Å²) in [7, 11) is -3.14. The summed E-state index contributed by atoms with van der Waals surface area (Å²) in [6, 6.07) is 4.49. The number of nitrogens with zero attached hydrogens (tertiary/aromatic N) is 5. The molecule has 2 aromatic heterocycles. The monoisotopic (exact) mass is 538 g/mol. The van der Waals surface area contributed by atoms with Crippen molar-refractivity contribution in [2.45, 2.75) is 50.9 Å². The van der Waals surface area contributed by atoms with E-state index in [1.807, 2.05) is 0 Å². The molecule has 5 rings (SSSR count). The van der Waals surface area contributed by atoms with Crippen LogP contribution in [0.1, 0.15) is 38.7 Å². The number of alkyl halides is 3. The minimum absolute atomic E-state index is 0.0341. The molecule has 2 saturated heterocycles. The van der Waals surface area contributed by atoms with Crippen molar-refractivity contribution in [3.8, 4) is 5.69 Å². The molecule has 13 heteroatoms. The minimum atomic E-state index is -4.51. The summed E-state index contributed by atoms with van der Waals surface area (Å²) in [4.78, 5) is 11.3. The number of aromatic nitrogens is 4. The molecule has 2 aliphatic heterocycles. The van der Waals surface area contributed by atoms with Crippen LogP contribution in [0, 0.1) is 5.92 Å². The van der Waals surface area contributed by atoms with Crippen LogP contribution in [0.5, 0.6) is 0 Å². The van der Waals surface area contributed by atoms with E-state index in [1.165, 1.54) is 23.0 Å². The average Bonchev–Trinajstić information content (AvgIpc) is 3.40. The third-order valence-corrected chi connectivity index (χ3v) is 8.95. The quantitative estimate of drug-likeness (QED) is 0.508. The van der Waals surface area contributed by atoms with Gasteiger partial charge in [-0.1, -0.05) is 6.07 Å². The summed E-state index contributed by atoms with van der Waals surface area (Å²) in [6.07, 6.45) is -1.08. The Morgan fingerprint density at radius 1 is 1.11 bits per heavy atom. The minimum Gasteiger partial charge on any atom is -0.390 e. The summed E-state index contributed by atoms with van der Waals surface area (Å²) >= 11 is 0. The van der Waals surface area contributed by atoms with Crippen molar-refractivity contribution in [2.75, 3.05) is 34.8 Å². The zero-order valence-electron chi connectivity index (χ0n) is 20.5. The Morgan fingerprint density at radius 2 is 1.84 bits per heavy atom. The number of hydrogen-bond acceptors (Lipinski definition) is 8. The third-order valence-electron chi connectivity index (χ3n) is 7.19. The SMILES string of the molecule is CC(C)(O)C1CCN(c2nc(NC3CCS(=O)(=O)C3)nc3c2cnn3-c2cccc(C(F)(F)F)c2)CC1. The molecule has 2 aliphatic rings. The fourth-order valence-corrected chi connectivity index (χ4v) is 6.76. The number of hydrogen-bond donors (Lipinski definition) is 2. The van der Waals surface area contributed by atoms with Crippen molar-refractivity contribution in [2.24, 2.45) is 5.92 Å². The summed E-state index contributed by atoms with van der Waals surface area (Å²) in [5.74, 6) is 0.930. The van der Waals surface area contributed by atoms with Crippen LogP contribution in [-0.2, 0) is 16.0 Å². The highest BCUT2D eigenvalue weighted by molar-refractivity contribution is 7.91. The predicted octanol–water partition coefficient (Wildman–Crippen LogP) is 3.42. The topological polar surface area (TPSA) is 113 Å². The summed E-state index contributed by atoms with van der Waals surface area (Å²) in [5, 5.41) is 18.5. The van der Waals surface area contributed by atoms with Crippen molar-refractivity contribution in [3.05, 3.63) is 36.0 Å². The van der Waals surface area contributed by atoms with Crippen LogP contribution in [0.4, 0.5) is 24.9 Å². The average molecular weight is 539 g/mol. The van der Waals surface area contributed by atoms with Crippen molar-refractivity contribution in [3.63, 3.8) is 0 Å². The first kappa shape index (κ1) is 25.7. The first-order valence-corrected chi connectivity index (χ1v) is 14.0. The first-order chi connectivity index (χ1) is 17.3. The summed E-state index contributed by atoms with van der Waals surface area (Å²) in [5.41, 5.74) is -1.09. The lowest BCUT2D eigenvalue weighted by molar-refractivity contribution is -0.137. The van der Waals surface area contributed by atoms with Crippen LogP contribution >= 0.6 is 0 Å². The molecule has 1 atom stereocenters. The van der Waals surface area contributed by atoms with E-state index in [2.05, 4.69) is 20.3 Å².